The summed E-state index contributed by atoms with van der Waals surface area (Å²) in [6.45, 7) is 2.15. The van der Waals surface area contributed by atoms with Gasteiger partial charge in [0.25, 0.3) is 5.91 Å². The van der Waals surface area contributed by atoms with E-state index >= 15 is 0 Å². The third-order valence-corrected chi connectivity index (χ3v) is 9.63. The molecule has 250 valence electrons. The Kier molecular flexibility index (Phi) is 12.0. The van der Waals surface area contributed by atoms with Gasteiger partial charge < -0.3 is 26.1 Å². The van der Waals surface area contributed by atoms with Crippen molar-refractivity contribution in [2.24, 2.45) is 5.92 Å². The van der Waals surface area contributed by atoms with Crippen molar-refractivity contribution in [3.8, 4) is 0 Å². The normalized spacial score (nSPS) is 21.0. The zero-order valence-corrected chi connectivity index (χ0v) is 28.2. The van der Waals surface area contributed by atoms with E-state index in [-0.39, 0.29) is 53.3 Å². The fourth-order valence-corrected chi connectivity index (χ4v) is 6.96. The van der Waals surface area contributed by atoms with Gasteiger partial charge in [-0.1, -0.05) is 85.8 Å². The average Bonchev–Trinajstić information content (AvgIpc) is 3.50. The number of hydrogen-bond acceptors (Lipinski definition) is 6. The van der Waals surface area contributed by atoms with Crippen molar-refractivity contribution in [1.29, 1.82) is 0 Å². The van der Waals surface area contributed by atoms with E-state index in [1.54, 1.807) is 37.1 Å². The van der Waals surface area contributed by atoms with Crippen LogP contribution in [0.2, 0.25) is 0 Å². The Labute approximate surface area is 288 Å². The average molecular weight is 667 g/mol. The zero-order chi connectivity index (χ0) is 34.0. The molecule has 12 heteroatoms. The molecular weight excluding hydrogens is 623 g/mol. The van der Waals surface area contributed by atoms with Crippen LogP contribution in [0, 0.1) is 5.92 Å². The molecule has 0 unspecified atom stereocenters. The maximum Gasteiger partial charge on any atom is 0.257 e. The highest BCUT2D eigenvalue weighted by molar-refractivity contribution is 7.80. The molecule has 0 spiro atoms. The van der Waals surface area contributed by atoms with E-state index in [0.717, 1.165) is 11.1 Å². The van der Waals surface area contributed by atoms with Crippen molar-refractivity contribution in [3.05, 3.63) is 108 Å². The first-order chi connectivity index (χ1) is 23.3. The SMILES string of the molecule is BN[C@@H](CC)C(=O)N[C@@H]1C(=O)N2[C@@H](CC[C@@H]1CNC(=S)NC(=O)c1ccccc1)CC[C@H]2C(=O)NC(c1ccccc1)c1ccccc1. The fraction of sp³-hybridized carbons (Fsp3) is 0.361. The summed E-state index contributed by atoms with van der Waals surface area (Å²) in [7, 11) is 1.71. The molecule has 0 saturated carbocycles. The number of thiocarbonyl (C=S) groups is 1. The van der Waals surface area contributed by atoms with E-state index in [2.05, 4.69) is 26.5 Å². The Hall–Kier alpha value is -4.55. The first-order valence-corrected chi connectivity index (χ1v) is 17.1. The van der Waals surface area contributed by atoms with E-state index in [1.165, 1.54) is 0 Å². The van der Waals surface area contributed by atoms with Gasteiger partial charge in [-0.25, -0.2) is 0 Å². The van der Waals surface area contributed by atoms with E-state index in [9.17, 15) is 19.2 Å². The van der Waals surface area contributed by atoms with Crippen LogP contribution < -0.4 is 26.5 Å². The maximum absolute atomic E-state index is 14.5. The second kappa shape index (κ2) is 16.5. The van der Waals surface area contributed by atoms with Crippen molar-refractivity contribution in [1.82, 2.24) is 31.4 Å². The monoisotopic (exact) mass is 666 g/mol. The van der Waals surface area contributed by atoms with E-state index in [4.69, 9.17) is 12.2 Å². The third-order valence-electron chi connectivity index (χ3n) is 9.38. The van der Waals surface area contributed by atoms with Crippen LogP contribution in [0.5, 0.6) is 0 Å². The molecule has 2 aliphatic rings. The van der Waals surface area contributed by atoms with Crippen LogP contribution >= 0.6 is 12.2 Å². The van der Waals surface area contributed by atoms with Crippen LogP contribution in [0.15, 0.2) is 91.0 Å². The molecule has 5 atom stereocenters. The molecule has 3 aromatic carbocycles. The molecule has 3 aromatic rings. The van der Waals surface area contributed by atoms with Gasteiger partial charge in [-0.05, 0) is 67.6 Å². The number of hydrogen-bond donors (Lipinski definition) is 5. The van der Waals surface area contributed by atoms with Crippen molar-refractivity contribution in [3.63, 3.8) is 0 Å². The van der Waals surface area contributed by atoms with Gasteiger partial charge in [-0.3, -0.25) is 24.5 Å². The number of nitrogens with zero attached hydrogens (tertiary/aromatic N) is 1. The number of carbonyl (C=O) groups is 4. The van der Waals surface area contributed by atoms with Crippen LogP contribution in [0.4, 0.5) is 0 Å². The second-order valence-corrected chi connectivity index (χ2v) is 12.8. The number of benzene rings is 3. The number of nitrogens with one attached hydrogen (secondary N) is 5. The maximum atomic E-state index is 14.5. The quantitative estimate of drug-likeness (QED) is 0.157. The standard InChI is InChI=1S/C36H43BN6O4S/c1-2-28(42-37)33(45)40-31-26(22-38-36(48)41-32(44)25-16-10-5-11-17-25)18-19-27-20-21-29(43(27)35(31)47)34(46)39-30(23-12-6-3-7-13-23)24-14-8-4-9-15-24/h3-17,26-31,42H,2,18-22,37H2,1H3,(H,39,46)(H,40,45)(H2,38,41,44,48)/t26-,27+,28+,29+,31+/m1/s1. The van der Waals surface area contributed by atoms with Gasteiger partial charge in [0.15, 0.2) is 13.1 Å². The minimum Gasteiger partial charge on any atom is -0.362 e. The molecule has 0 radical (unpaired) electrons. The Morgan fingerprint density at radius 3 is 2.04 bits per heavy atom. The lowest BCUT2D eigenvalue weighted by atomic mass is 9.92. The molecule has 0 bridgehead atoms. The summed E-state index contributed by atoms with van der Waals surface area (Å²) < 4.78 is 0. The first kappa shape index (κ1) is 34.8. The lowest BCUT2D eigenvalue weighted by Gasteiger charge is -2.33. The summed E-state index contributed by atoms with van der Waals surface area (Å²) in [6.07, 6.45) is 3.04. The molecule has 0 aromatic heterocycles. The minimum atomic E-state index is -0.891. The van der Waals surface area contributed by atoms with Crippen LogP contribution in [0.25, 0.3) is 0 Å². The van der Waals surface area contributed by atoms with Gasteiger partial charge in [0.05, 0.1) is 12.1 Å². The highest BCUT2D eigenvalue weighted by atomic mass is 32.1. The van der Waals surface area contributed by atoms with Crippen LogP contribution in [0.3, 0.4) is 0 Å². The predicted molar refractivity (Wildman–Crippen MR) is 191 cm³/mol. The van der Waals surface area contributed by atoms with Gasteiger partial charge in [0.1, 0.15) is 12.1 Å². The lowest BCUT2D eigenvalue weighted by Crippen LogP contribution is -2.59. The molecule has 0 aliphatic carbocycles. The van der Waals surface area contributed by atoms with Crippen LogP contribution in [-0.4, -0.2) is 72.3 Å². The summed E-state index contributed by atoms with van der Waals surface area (Å²) in [5.41, 5.74) is 2.36. The minimum absolute atomic E-state index is 0.137. The Bertz CT molecular complexity index is 1540. The van der Waals surface area contributed by atoms with E-state index in [1.807, 2.05) is 73.7 Å². The molecule has 2 fully saturated rings. The second-order valence-electron chi connectivity index (χ2n) is 12.4. The Morgan fingerprint density at radius 1 is 0.875 bits per heavy atom. The molecule has 2 saturated heterocycles. The zero-order valence-electron chi connectivity index (χ0n) is 27.4. The molecule has 10 nitrogen and oxygen atoms in total. The first-order valence-electron chi connectivity index (χ1n) is 16.6. The summed E-state index contributed by atoms with van der Waals surface area (Å²) in [5, 5.41) is 15.2. The van der Waals surface area contributed by atoms with Crippen molar-refractivity contribution >= 4 is 48.9 Å². The van der Waals surface area contributed by atoms with Crippen molar-refractivity contribution in [2.75, 3.05) is 6.54 Å². The predicted octanol–water partition coefficient (Wildman–Crippen LogP) is 2.37. The van der Waals surface area contributed by atoms with Gasteiger partial charge in [-0.2, -0.15) is 0 Å². The van der Waals surface area contributed by atoms with Gasteiger partial charge in [0, 0.05) is 24.1 Å². The molecule has 48 heavy (non-hydrogen) atoms. The molecule has 4 amide bonds. The molecule has 2 heterocycles. The molecule has 5 rings (SSSR count). The number of rotatable bonds is 11. The lowest BCUT2D eigenvalue weighted by molar-refractivity contribution is -0.143. The summed E-state index contributed by atoms with van der Waals surface area (Å²) >= 11 is 5.43. The number of fused-ring (bicyclic) bond motifs is 1. The highest BCUT2D eigenvalue weighted by Crippen LogP contribution is 2.35. The fourth-order valence-electron chi connectivity index (χ4n) is 6.79. The van der Waals surface area contributed by atoms with Crippen molar-refractivity contribution in [2.45, 2.75) is 69.2 Å². The van der Waals surface area contributed by atoms with Gasteiger partial charge in [-0.15, -0.1) is 0 Å². The molecular formula is C36H43BN6O4S. The summed E-state index contributed by atoms with van der Waals surface area (Å²) in [5.74, 6) is -1.46. The number of carbonyl (C=O) groups excluding carboxylic acids is 4. The van der Waals surface area contributed by atoms with Crippen molar-refractivity contribution < 1.29 is 19.2 Å². The largest absolute Gasteiger partial charge is 0.362 e. The molecule has 2 aliphatic heterocycles. The highest BCUT2D eigenvalue weighted by Gasteiger charge is 2.48. The Balaban J connectivity index is 1.34. The topological polar surface area (TPSA) is 132 Å². The van der Waals surface area contributed by atoms with Gasteiger partial charge >= 0.3 is 0 Å². The summed E-state index contributed by atoms with van der Waals surface area (Å²) in [4.78, 5) is 56.3. The van der Waals surface area contributed by atoms with E-state index < -0.39 is 18.1 Å². The van der Waals surface area contributed by atoms with Gasteiger partial charge in [0.2, 0.25) is 17.7 Å². The number of amides is 4. The van der Waals surface area contributed by atoms with E-state index in [0.29, 0.717) is 37.7 Å². The van der Waals surface area contributed by atoms with Crippen LogP contribution in [0.1, 0.15) is 66.6 Å². The smallest absolute Gasteiger partial charge is 0.257 e. The Morgan fingerprint density at radius 2 is 1.46 bits per heavy atom. The summed E-state index contributed by atoms with van der Waals surface area (Å²) in [6, 6.07) is 25.7. The van der Waals surface area contributed by atoms with Crippen LogP contribution in [-0.2, 0) is 14.4 Å². The third kappa shape index (κ3) is 8.29. The molecule has 5 N–H and O–H groups in total.